The molecular formula is C28H34N4O3S. The molecule has 0 bridgehead atoms. The van der Waals surface area contributed by atoms with Crippen LogP contribution in [0, 0.1) is 5.92 Å². The molecule has 2 aliphatic heterocycles. The van der Waals surface area contributed by atoms with Crippen molar-refractivity contribution < 1.29 is 13.2 Å². The fourth-order valence-electron chi connectivity index (χ4n) is 5.10. The molecule has 5 rings (SSSR count). The van der Waals surface area contributed by atoms with E-state index in [4.69, 9.17) is 4.98 Å². The number of amides is 1. The zero-order valence-corrected chi connectivity index (χ0v) is 21.8. The van der Waals surface area contributed by atoms with E-state index >= 15 is 0 Å². The summed E-state index contributed by atoms with van der Waals surface area (Å²) in [6.45, 7) is 6.93. The summed E-state index contributed by atoms with van der Waals surface area (Å²) in [4.78, 5) is 20.3. The van der Waals surface area contributed by atoms with Crippen LogP contribution < -0.4 is 10.2 Å². The van der Waals surface area contributed by atoms with Crippen LogP contribution >= 0.6 is 0 Å². The Morgan fingerprint density at radius 3 is 2.44 bits per heavy atom. The zero-order chi connectivity index (χ0) is 25.3. The lowest BCUT2D eigenvalue weighted by molar-refractivity contribution is -0.120. The van der Waals surface area contributed by atoms with Crippen molar-refractivity contribution in [1.82, 2.24) is 9.29 Å². The Morgan fingerprint density at radius 2 is 1.72 bits per heavy atom. The van der Waals surface area contributed by atoms with Gasteiger partial charge in [0.1, 0.15) is 5.82 Å². The van der Waals surface area contributed by atoms with Gasteiger partial charge in [-0.1, -0.05) is 26.0 Å². The quantitative estimate of drug-likeness (QED) is 0.509. The van der Waals surface area contributed by atoms with Gasteiger partial charge < -0.3 is 10.2 Å². The van der Waals surface area contributed by atoms with Gasteiger partial charge in [0.15, 0.2) is 0 Å². The van der Waals surface area contributed by atoms with E-state index < -0.39 is 10.0 Å². The maximum atomic E-state index is 13.0. The highest BCUT2D eigenvalue weighted by molar-refractivity contribution is 7.89. The van der Waals surface area contributed by atoms with Gasteiger partial charge >= 0.3 is 0 Å². The number of aromatic nitrogens is 1. The Labute approximate surface area is 213 Å². The first kappa shape index (κ1) is 24.7. The molecule has 8 heteroatoms. The van der Waals surface area contributed by atoms with Crippen molar-refractivity contribution in [1.29, 1.82) is 0 Å². The third-order valence-corrected chi connectivity index (χ3v) is 9.20. The standard InChI is InChI=1S/C28H34N4O3S/c1-20(2)21-7-10-24(11-8-21)29-28(33)23-6-5-15-31(19-23)27-14-9-22-18-25(12-13-26(22)30-27)36(34,35)32-16-3-4-17-32/h7-14,18,20,23H,3-6,15-17,19H2,1-2H3,(H,29,33)/t23-/m0/s1. The molecule has 1 aromatic heterocycles. The van der Waals surface area contributed by atoms with Gasteiger partial charge in [0, 0.05) is 37.3 Å². The summed E-state index contributed by atoms with van der Waals surface area (Å²) in [6, 6.07) is 17.1. The minimum absolute atomic E-state index is 0.0366. The lowest BCUT2D eigenvalue weighted by Crippen LogP contribution is -2.41. The van der Waals surface area contributed by atoms with Crippen LogP contribution in [0.5, 0.6) is 0 Å². The number of piperidine rings is 1. The van der Waals surface area contributed by atoms with Gasteiger partial charge in [-0.15, -0.1) is 0 Å². The molecule has 1 amide bonds. The molecule has 2 aliphatic rings. The number of carbonyl (C=O) groups is 1. The zero-order valence-electron chi connectivity index (χ0n) is 21.0. The number of pyridine rings is 1. The average Bonchev–Trinajstić information content (AvgIpc) is 3.45. The van der Waals surface area contributed by atoms with E-state index in [2.05, 4.69) is 36.2 Å². The number of rotatable bonds is 6. The minimum atomic E-state index is -3.46. The number of hydrogen-bond acceptors (Lipinski definition) is 5. The number of anilines is 2. The molecule has 0 saturated carbocycles. The molecule has 1 atom stereocenters. The van der Waals surface area contributed by atoms with E-state index in [1.807, 2.05) is 24.3 Å². The molecule has 1 N–H and O–H groups in total. The summed E-state index contributed by atoms with van der Waals surface area (Å²) >= 11 is 0. The maximum absolute atomic E-state index is 13.0. The fourth-order valence-corrected chi connectivity index (χ4v) is 6.65. The first-order valence-electron chi connectivity index (χ1n) is 12.9. The van der Waals surface area contributed by atoms with Gasteiger partial charge in [0.25, 0.3) is 0 Å². The number of nitrogens with one attached hydrogen (secondary N) is 1. The van der Waals surface area contributed by atoms with Crippen LogP contribution in [0.15, 0.2) is 59.5 Å². The van der Waals surface area contributed by atoms with E-state index in [9.17, 15) is 13.2 Å². The second-order valence-corrected chi connectivity index (χ2v) is 12.1. The second-order valence-electron chi connectivity index (χ2n) is 10.2. The molecule has 2 fully saturated rings. The van der Waals surface area contributed by atoms with Crippen molar-refractivity contribution >= 4 is 38.3 Å². The summed E-state index contributed by atoms with van der Waals surface area (Å²) in [6.07, 6.45) is 3.59. The largest absolute Gasteiger partial charge is 0.356 e. The van der Waals surface area contributed by atoms with E-state index in [1.165, 1.54) is 5.56 Å². The Kier molecular flexibility index (Phi) is 6.99. The Morgan fingerprint density at radius 1 is 0.972 bits per heavy atom. The van der Waals surface area contributed by atoms with Crippen molar-refractivity contribution in [3.8, 4) is 0 Å². The van der Waals surface area contributed by atoms with Gasteiger partial charge in [0.05, 0.1) is 16.3 Å². The topological polar surface area (TPSA) is 82.6 Å². The van der Waals surface area contributed by atoms with Crippen molar-refractivity contribution in [2.24, 2.45) is 5.92 Å². The highest BCUT2D eigenvalue weighted by atomic mass is 32.2. The van der Waals surface area contributed by atoms with Crippen LogP contribution in [0.3, 0.4) is 0 Å². The lowest BCUT2D eigenvalue weighted by Gasteiger charge is -2.33. The predicted octanol–water partition coefficient (Wildman–Crippen LogP) is 5.00. The van der Waals surface area contributed by atoms with Crippen molar-refractivity contribution in [2.75, 3.05) is 36.4 Å². The highest BCUT2D eigenvalue weighted by Crippen LogP contribution is 2.28. The molecule has 7 nitrogen and oxygen atoms in total. The molecule has 3 heterocycles. The normalized spacial score (nSPS) is 19.2. The number of sulfonamides is 1. The average molecular weight is 507 g/mol. The monoisotopic (exact) mass is 506 g/mol. The third kappa shape index (κ3) is 5.11. The van der Waals surface area contributed by atoms with Gasteiger partial charge in [0.2, 0.25) is 15.9 Å². The Balaban J connectivity index is 1.28. The van der Waals surface area contributed by atoms with Gasteiger partial charge in [-0.05, 0) is 79.6 Å². The number of nitrogens with zero attached hydrogens (tertiary/aromatic N) is 3. The number of hydrogen-bond donors (Lipinski definition) is 1. The number of carbonyl (C=O) groups excluding carboxylic acids is 1. The van der Waals surface area contributed by atoms with Crippen LogP contribution in [-0.4, -0.2) is 49.8 Å². The van der Waals surface area contributed by atoms with E-state index in [0.717, 1.165) is 54.6 Å². The highest BCUT2D eigenvalue weighted by Gasteiger charge is 2.28. The molecule has 3 aromatic rings. The van der Waals surface area contributed by atoms with Crippen molar-refractivity contribution in [3.63, 3.8) is 0 Å². The summed E-state index contributed by atoms with van der Waals surface area (Å²) in [7, 11) is -3.46. The summed E-state index contributed by atoms with van der Waals surface area (Å²) in [5.41, 5.74) is 2.83. The maximum Gasteiger partial charge on any atom is 0.243 e. The van der Waals surface area contributed by atoms with E-state index in [0.29, 0.717) is 30.4 Å². The molecule has 36 heavy (non-hydrogen) atoms. The first-order valence-corrected chi connectivity index (χ1v) is 14.3. The van der Waals surface area contributed by atoms with Crippen LogP contribution in [-0.2, 0) is 14.8 Å². The van der Waals surface area contributed by atoms with Crippen LogP contribution in [0.4, 0.5) is 11.5 Å². The molecule has 190 valence electrons. The van der Waals surface area contributed by atoms with Crippen LogP contribution in [0.25, 0.3) is 10.9 Å². The molecule has 0 spiro atoms. The summed E-state index contributed by atoms with van der Waals surface area (Å²) in [5, 5.41) is 3.88. The molecule has 0 radical (unpaired) electrons. The van der Waals surface area contributed by atoms with Gasteiger partial charge in [-0.25, -0.2) is 13.4 Å². The fraction of sp³-hybridized carbons (Fsp3) is 0.429. The van der Waals surface area contributed by atoms with Crippen LogP contribution in [0.1, 0.15) is 51.0 Å². The summed E-state index contributed by atoms with van der Waals surface area (Å²) < 4.78 is 27.4. The number of benzene rings is 2. The molecule has 0 unspecified atom stereocenters. The second kappa shape index (κ2) is 10.2. The van der Waals surface area contributed by atoms with E-state index in [1.54, 1.807) is 22.5 Å². The summed E-state index contributed by atoms with van der Waals surface area (Å²) in [5.74, 6) is 1.19. The Bertz CT molecular complexity index is 1350. The molecule has 2 saturated heterocycles. The van der Waals surface area contributed by atoms with Crippen molar-refractivity contribution in [2.45, 2.75) is 50.3 Å². The van der Waals surface area contributed by atoms with Crippen LogP contribution in [0.2, 0.25) is 0 Å². The SMILES string of the molecule is CC(C)c1ccc(NC(=O)[C@H]2CCCN(c3ccc4cc(S(=O)(=O)N5CCCC5)ccc4n3)C2)cc1. The molecule has 0 aliphatic carbocycles. The van der Waals surface area contributed by atoms with E-state index in [-0.39, 0.29) is 11.8 Å². The Hall–Kier alpha value is -2.97. The molecule has 2 aromatic carbocycles. The molecular weight excluding hydrogens is 472 g/mol. The lowest BCUT2D eigenvalue weighted by atomic mass is 9.96. The van der Waals surface area contributed by atoms with Crippen molar-refractivity contribution in [3.05, 3.63) is 60.2 Å². The minimum Gasteiger partial charge on any atom is -0.356 e. The van der Waals surface area contributed by atoms with Gasteiger partial charge in [-0.3, -0.25) is 4.79 Å². The predicted molar refractivity (Wildman–Crippen MR) is 144 cm³/mol. The smallest absolute Gasteiger partial charge is 0.243 e. The first-order chi connectivity index (χ1) is 17.3. The number of fused-ring (bicyclic) bond motifs is 1. The third-order valence-electron chi connectivity index (χ3n) is 7.31. The van der Waals surface area contributed by atoms with Gasteiger partial charge in [-0.2, -0.15) is 4.31 Å².